The highest BCUT2D eigenvalue weighted by molar-refractivity contribution is 14.2. The number of halogens is 1. The molecule has 144 valence electrons. The Bertz CT molecular complexity index is 758. The van der Waals surface area contributed by atoms with E-state index in [1.54, 1.807) is 19.3 Å². The maximum absolute atomic E-state index is 11.9. The first kappa shape index (κ1) is 21.8. The first-order valence-electron chi connectivity index (χ1n) is 8.43. The first-order chi connectivity index (χ1) is 12.9. The van der Waals surface area contributed by atoms with E-state index in [4.69, 9.17) is 16.0 Å². The molecule has 2 rings (SSSR count). The van der Waals surface area contributed by atoms with Gasteiger partial charge in [-0.3, -0.25) is 0 Å². The van der Waals surface area contributed by atoms with Crippen molar-refractivity contribution in [2.24, 2.45) is 5.92 Å². The third kappa shape index (κ3) is 5.06. The Balaban J connectivity index is 2.42. The van der Waals surface area contributed by atoms with Gasteiger partial charge < -0.3 is 14.6 Å². The molecule has 0 saturated carbocycles. The highest BCUT2D eigenvalue weighted by Crippen LogP contribution is 2.42. The minimum Gasteiger partial charge on any atom is -0.497 e. The number of hydrogen-bond acceptors (Lipinski definition) is 5. The third-order valence-corrected chi connectivity index (χ3v) is 6.23. The molecule has 27 heavy (non-hydrogen) atoms. The second kappa shape index (κ2) is 9.62. The first-order valence-corrected chi connectivity index (χ1v) is 11.8. The Morgan fingerprint density at radius 3 is 2.63 bits per heavy atom. The Morgan fingerprint density at radius 2 is 2.11 bits per heavy atom. The summed E-state index contributed by atoms with van der Waals surface area (Å²) in [5, 5.41) is 9.80. The maximum Gasteiger partial charge on any atom is 0.378 e. The van der Waals surface area contributed by atoms with Gasteiger partial charge in [-0.25, -0.2) is 4.79 Å². The van der Waals surface area contributed by atoms with Gasteiger partial charge in [0.2, 0.25) is 0 Å². The number of aliphatic hydroxyl groups is 1. The summed E-state index contributed by atoms with van der Waals surface area (Å²) < 4.78 is 10.8. The highest BCUT2D eigenvalue weighted by atomic mass is 127. The van der Waals surface area contributed by atoms with Gasteiger partial charge in [-0.1, -0.05) is 29.6 Å². The van der Waals surface area contributed by atoms with Gasteiger partial charge in [-0.2, -0.15) is 0 Å². The summed E-state index contributed by atoms with van der Waals surface area (Å²) in [6, 6.07) is 7.63. The van der Waals surface area contributed by atoms with Crippen molar-refractivity contribution in [1.82, 2.24) is 0 Å². The van der Waals surface area contributed by atoms with Gasteiger partial charge in [0.25, 0.3) is 6.57 Å². The van der Waals surface area contributed by atoms with Crippen LogP contribution in [-0.4, -0.2) is 35.3 Å². The minimum atomic E-state index is -0.888. The van der Waals surface area contributed by atoms with E-state index >= 15 is 0 Å². The van der Waals surface area contributed by atoms with Crippen molar-refractivity contribution in [2.45, 2.75) is 37.5 Å². The minimum absolute atomic E-state index is 0.338. The SMILES string of the molecule is C#[N+]C(Cc1ccc(OC)cc1)(C(=C)C)[C@H]1C[C@@H](O)C=C[C@@H]1OC(=O)SI. The molecule has 1 aromatic rings. The number of rotatable bonds is 6. The van der Waals surface area contributed by atoms with E-state index in [1.807, 2.05) is 52.4 Å². The van der Waals surface area contributed by atoms with E-state index in [9.17, 15) is 9.90 Å². The van der Waals surface area contributed by atoms with Crippen molar-refractivity contribution in [1.29, 1.82) is 0 Å². The van der Waals surface area contributed by atoms with Gasteiger partial charge in [-0.15, -0.1) is 0 Å². The molecule has 0 fully saturated rings. The van der Waals surface area contributed by atoms with Gasteiger partial charge in [0.05, 0.1) is 25.6 Å². The maximum atomic E-state index is 11.9. The molecule has 0 aliphatic heterocycles. The Hall–Kier alpha value is -1.50. The van der Waals surface area contributed by atoms with Crippen LogP contribution in [0.5, 0.6) is 5.75 Å². The molecule has 1 unspecified atom stereocenters. The normalized spacial score (nSPS) is 23.7. The lowest BCUT2D eigenvalue weighted by Gasteiger charge is -2.35. The molecule has 0 bridgehead atoms. The second-order valence-corrected chi connectivity index (χ2v) is 8.37. The molecule has 0 radical (unpaired) electrons. The van der Waals surface area contributed by atoms with Gasteiger partial charge in [0, 0.05) is 35.7 Å². The highest BCUT2D eigenvalue weighted by Gasteiger charge is 2.55. The van der Waals surface area contributed by atoms with Crippen LogP contribution in [0.3, 0.4) is 0 Å². The van der Waals surface area contributed by atoms with E-state index < -0.39 is 23.0 Å². The fraction of sp³-hybridized carbons (Fsp3) is 0.400. The summed E-state index contributed by atoms with van der Waals surface area (Å²) >= 11 is 1.88. The van der Waals surface area contributed by atoms with Crippen LogP contribution in [0.25, 0.3) is 4.85 Å². The molecular weight excluding hydrogens is 477 g/mol. The topological polar surface area (TPSA) is 60.1 Å². The summed E-state index contributed by atoms with van der Waals surface area (Å²) in [5.74, 6) is 0.417. The summed E-state index contributed by atoms with van der Waals surface area (Å²) in [6.45, 7) is 11.9. The number of hydrogen-bond donors (Lipinski definition) is 1. The Labute approximate surface area is 176 Å². The molecule has 1 aromatic carbocycles. The number of carbonyl (C=O) groups is 1. The van der Waals surface area contributed by atoms with E-state index in [0.717, 1.165) is 25.8 Å². The largest absolute Gasteiger partial charge is 0.497 e. The zero-order valence-electron chi connectivity index (χ0n) is 15.3. The number of aliphatic hydroxyl groups excluding tert-OH is 1. The zero-order valence-corrected chi connectivity index (χ0v) is 18.3. The average Bonchev–Trinajstić information content (AvgIpc) is 2.67. The van der Waals surface area contributed by atoms with E-state index in [0.29, 0.717) is 12.8 Å². The summed E-state index contributed by atoms with van der Waals surface area (Å²) in [7, 11) is 2.58. The molecule has 0 saturated heterocycles. The summed E-state index contributed by atoms with van der Waals surface area (Å²) in [5.41, 5.74) is 0.850. The molecule has 4 atom stereocenters. The van der Waals surface area contributed by atoms with E-state index in [-0.39, 0.29) is 5.92 Å². The lowest BCUT2D eigenvalue weighted by Crippen LogP contribution is -2.48. The van der Waals surface area contributed by atoms with Crippen LogP contribution in [0.1, 0.15) is 18.9 Å². The lowest BCUT2D eigenvalue weighted by atomic mass is 9.68. The van der Waals surface area contributed by atoms with Crippen molar-refractivity contribution in [3.63, 3.8) is 0 Å². The van der Waals surface area contributed by atoms with E-state index in [1.165, 1.54) is 0 Å². The van der Waals surface area contributed by atoms with Crippen LogP contribution >= 0.6 is 30.1 Å². The van der Waals surface area contributed by atoms with Crippen molar-refractivity contribution in [3.05, 3.63) is 59.0 Å². The van der Waals surface area contributed by atoms with E-state index in [2.05, 4.69) is 11.4 Å². The van der Waals surface area contributed by atoms with Crippen molar-refractivity contribution >= 4 is 35.4 Å². The van der Waals surface area contributed by atoms with Crippen LogP contribution in [0, 0.1) is 12.5 Å². The standard InChI is InChI=1S/C20H23INO4S/c1-13(2)20(22-3,12-14-5-8-16(25-4)9-6-14)17-11-15(23)7-10-18(17)26-19(24)27-21/h3,5-10,15,17-18,23H,1,11-12H2,2,4H3/q+1/t15-,17-,18-,20?/m0/s1. The molecule has 1 N–H and O–H groups in total. The molecule has 0 heterocycles. The number of methoxy groups -OCH3 is 1. The van der Waals surface area contributed by atoms with Crippen molar-refractivity contribution in [2.75, 3.05) is 7.11 Å². The fourth-order valence-electron chi connectivity index (χ4n) is 3.47. The number of carbonyl (C=O) groups excluding carboxylic acids is 1. The van der Waals surface area contributed by atoms with Crippen LogP contribution in [0.2, 0.25) is 0 Å². The van der Waals surface area contributed by atoms with Gasteiger partial charge in [-0.05, 0) is 37.1 Å². The quantitative estimate of drug-likeness (QED) is 0.337. The van der Waals surface area contributed by atoms with Crippen molar-refractivity contribution in [3.8, 4) is 12.3 Å². The summed E-state index contributed by atoms with van der Waals surface area (Å²) in [6.07, 6.45) is 2.97. The summed E-state index contributed by atoms with van der Waals surface area (Å²) in [4.78, 5) is 16.1. The Kier molecular flexibility index (Phi) is 7.77. The van der Waals surface area contributed by atoms with Gasteiger partial charge in [0.15, 0.2) is 0 Å². The molecule has 0 aromatic heterocycles. The third-order valence-electron chi connectivity index (χ3n) is 4.93. The monoisotopic (exact) mass is 500 g/mol. The van der Waals surface area contributed by atoms with Crippen LogP contribution in [-0.2, 0) is 11.2 Å². The molecule has 0 amide bonds. The number of benzene rings is 1. The second-order valence-electron chi connectivity index (χ2n) is 6.56. The smallest absolute Gasteiger partial charge is 0.378 e. The predicted octanol–water partition coefficient (Wildman–Crippen LogP) is 5.04. The fourth-order valence-corrected chi connectivity index (χ4v) is 3.93. The van der Waals surface area contributed by atoms with Crippen LogP contribution in [0.15, 0.2) is 48.6 Å². The molecule has 5 nitrogen and oxygen atoms in total. The Morgan fingerprint density at radius 1 is 1.44 bits per heavy atom. The zero-order chi connectivity index (χ0) is 20.0. The van der Waals surface area contributed by atoms with Crippen LogP contribution < -0.4 is 4.74 Å². The number of nitrogens with zero attached hydrogens (tertiary/aromatic N) is 1. The van der Waals surface area contributed by atoms with Crippen LogP contribution in [0.4, 0.5) is 4.79 Å². The van der Waals surface area contributed by atoms with Crippen molar-refractivity contribution < 1.29 is 19.4 Å². The average molecular weight is 500 g/mol. The molecular formula is C20H23INO4S+. The molecule has 1 aliphatic carbocycles. The predicted molar refractivity (Wildman–Crippen MR) is 118 cm³/mol. The molecule has 0 spiro atoms. The lowest BCUT2D eigenvalue weighted by molar-refractivity contribution is 0.0547. The molecule has 1 aliphatic rings. The molecule has 7 heteroatoms. The van der Waals surface area contributed by atoms with Gasteiger partial charge >= 0.3 is 10.8 Å². The number of ether oxygens (including phenoxy) is 2. The van der Waals surface area contributed by atoms with Gasteiger partial charge in [0.1, 0.15) is 11.9 Å².